The molecule has 2 aromatic heterocycles. The lowest BCUT2D eigenvalue weighted by Crippen LogP contribution is -1.97. The van der Waals surface area contributed by atoms with Gasteiger partial charge in [0.25, 0.3) is 5.22 Å². The van der Waals surface area contributed by atoms with Crippen molar-refractivity contribution in [1.82, 2.24) is 15.2 Å². The predicted molar refractivity (Wildman–Crippen MR) is 135 cm³/mol. The standard InChI is InChI=1S/C26H18ClN3O3S/c1-15-6-5-9-19-20(23(28-22(15)19)16-7-3-2-4-8-16)14-21(25(31)32)34-26-30-29-24(33-26)17-10-12-18(27)13-11-17/h2-14,28H,1H3,(H,31,32)/b21-14-. The van der Waals surface area contributed by atoms with Crippen LogP contribution in [0.3, 0.4) is 0 Å². The Morgan fingerprint density at radius 1 is 1.00 bits per heavy atom. The molecular formula is C26H18ClN3O3S. The number of benzene rings is 3. The summed E-state index contributed by atoms with van der Waals surface area (Å²) in [5, 5.41) is 19.7. The second-order valence-electron chi connectivity index (χ2n) is 7.57. The number of nitrogens with zero attached hydrogens (tertiary/aromatic N) is 2. The summed E-state index contributed by atoms with van der Waals surface area (Å²) in [6.07, 6.45) is 1.65. The van der Waals surface area contributed by atoms with Crippen LogP contribution in [0.25, 0.3) is 39.7 Å². The second-order valence-corrected chi connectivity index (χ2v) is 9.00. The second kappa shape index (κ2) is 9.21. The smallest absolute Gasteiger partial charge is 0.342 e. The van der Waals surface area contributed by atoms with Crippen molar-refractivity contribution in [2.45, 2.75) is 12.1 Å². The third-order valence-corrected chi connectivity index (χ3v) is 6.43. The van der Waals surface area contributed by atoms with E-state index in [0.717, 1.165) is 45.0 Å². The van der Waals surface area contributed by atoms with Crippen LogP contribution >= 0.6 is 23.4 Å². The minimum absolute atomic E-state index is 0.0610. The van der Waals surface area contributed by atoms with Crippen LogP contribution in [-0.2, 0) is 4.79 Å². The largest absolute Gasteiger partial charge is 0.477 e. The number of rotatable bonds is 6. The molecule has 168 valence electrons. The van der Waals surface area contributed by atoms with Gasteiger partial charge in [-0.3, -0.25) is 0 Å². The highest BCUT2D eigenvalue weighted by Gasteiger charge is 2.19. The molecule has 0 aliphatic rings. The van der Waals surface area contributed by atoms with Crippen LogP contribution in [0.5, 0.6) is 0 Å². The number of para-hydroxylation sites is 1. The summed E-state index contributed by atoms with van der Waals surface area (Å²) in [6.45, 7) is 2.02. The van der Waals surface area contributed by atoms with Gasteiger partial charge in [-0.2, -0.15) is 0 Å². The van der Waals surface area contributed by atoms with Gasteiger partial charge in [0, 0.05) is 27.1 Å². The molecule has 2 N–H and O–H groups in total. The van der Waals surface area contributed by atoms with E-state index >= 15 is 0 Å². The van der Waals surface area contributed by atoms with Gasteiger partial charge in [0.05, 0.1) is 5.69 Å². The molecule has 0 aliphatic heterocycles. The molecule has 3 aromatic carbocycles. The number of carboxylic acids is 1. The molecule has 0 spiro atoms. The van der Waals surface area contributed by atoms with Crippen molar-refractivity contribution >= 4 is 46.3 Å². The molecule has 8 heteroatoms. The maximum atomic E-state index is 12.2. The van der Waals surface area contributed by atoms with Gasteiger partial charge < -0.3 is 14.5 Å². The van der Waals surface area contributed by atoms with Gasteiger partial charge in [-0.05, 0) is 60.2 Å². The Balaban J connectivity index is 1.57. The molecule has 0 bridgehead atoms. The van der Waals surface area contributed by atoms with E-state index in [1.165, 1.54) is 0 Å². The van der Waals surface area contributed by atoms with Crippen molar-refractivity contribution in [3.05, 3.63) is 93.9 Å². The monoisotopic (exact) mass is 487 g/mol. The lowest BCUT2D eigenvalue weighted by atomic mass is 10.0. The third-order valence-electron chi connectivity index (χ3n) is 5.33. The number of fused-ring (bicyclic) bond motifs is 1. The zero-order valence-electron chi connectivity index (χ0n) is 17.9. The molecule has 0 unspecified atom stereocenters. The summed E-state index contributed by atoms with van der Waals surface area (Å²) in [5.41, 5.74) is 5.32. The SMILES string of the molecule is Cc1cccc2c(/C=C(\Sc3nnc(-c4ccc(Cl)cc4)o3)C(=O)O)c(-c3ccccc3)[nH]c12. The Morgan fingerprint density at radius 3 is 2.50 bits per heavy atom. The van der Waals surface area contributed by atoms with E-state index in [-0.39, 0.29) is 16.0 Å². The Bertz CT molecular complexity index is 1520. The van der Waals surface area contributed by atoms with Gasteiger partial charge in [-0.1, -0.05) is 60.1 Å². The van der Waals surface area contributed by atoms with E-state index in [2.05, 4.69) is 15.2 Å². The van der Waals surface area contributed by atoms with Crippen LogP contribution in [-0.4, -0.2) is 26.3 Å². The van der Waals surface area contributed by atoms with Gasteiger partial charge in [-0.25, -0.2) is 4.79 Å². The molecule has 5 rings (SSSR count). The molecule has 0 aliphatic carbocycles. The number of aromatic nitrogens is 3. The number of halogens is 1. The fourth-order valence-electron chi connectivity index (χ4n) is 3.69. The summed E-state index contributed by atoms with van der Waals surface area (Å²) >= 11 is 6.85. The van der Waals surface area contributed by atoms with Crippen LogP contribution < -0.4 is 0 Å². The molecule has 0 fully saturated rings. The number of hydrogen-bond acceptors (Lipinski definition) is 5. The zero-order valence-corrected chi connectivity index (χ0v) is 19.5. The van der Waals surface area contributed by atoms with E-state index in [1.54, 1.807) is 30.3 Å². The van der Waals surface area contributed by atoms with E-state index < -0.39 is 5.97 Å². The Morgan fingerprint density at radius 2 is 1.76 bits per heavy atom. The fourth-order valence-corrected chi connectivity index (χ4v) is 4.47. The minimum Gasteiger partial charge on any atom is -0.477 e. The number of thioether (sulfide) groups is 1. The molecule has 34 heavy (non-hydrogen) atoms. The summed E-state index contributed by atoms with van der Waals surface area (Å²) in [7, 11) is 0. The van der Waals surface area contributed by atoms with Crippen LogP contribution in [0.1, 0.15) is 11.1 Å². The van der Waals surface area contributed by atoms with Crippen LogP contribution in [0.15, 0.2) is 87.3 Å². The van der Waals surface area contributed by atoms with Crippen molar-refractivity contribution in [3.8, 4) is 22.7 Å². The van der Waals surface area contributed by atoms with Gasteiger partial charge in [0.2, 0.25) is 5.89 Å². The number of aliphatic carboxylic acids is 1. The first-order chi connectivity index (χ1) is 16.5. The number of hydrogen-bond donors (Lipinski definition) is 2. The zero-order chi connectivity index (χ0) is 23.7. The highest BCUT2D eigenvalue weighted by molar-refractivity contribution is 8.03. The first-order valence-electron chi connectivity index (χ1n) is 10.4. The molecule has 0 atom stereocenters. The lowest BCUT2D eigenvalue weighted by Gasteiger charge is -2.03. The third kappa shape index (κ3) is 4.35. The van der Waals surface area contributed by atoms with Gasteiger partial charge in [0.15, 0.2) is 0 Å². The molecule has 0 saturated carbocycles. The number of carbonyl (C=O) groups is 1. The highest BCUT2D eigenvalue weighted by Crippen LogP contribution is 2.36. The summed E-state index contributed by atoms with van der Waals surface area (Å²) in [6, 6.07) is 22.7. The van der Waals surface area contributed by atoms with E-state index in [0.29, 0.717) is 10.6 Å². The number of H-pyrrole nitrogens is 1. The topological polar surface area (TPSA) is 92.0 Å². The molecule has 0 amide bonds. The summed E-state index contributed by atoms with van der Waals surface area (Å²) in [4.78, 5) is 15.7. The van der Waals surface area contributed by atoms with Crippen molar-refractivity contribution in [2.24, 2.45) is 0 Å². The van der Waals surface area contributed by atoms with Crippen molar-refractivity contribution in [3.63, 3.8) is 0 Å². The quantitative estimate of drug-likeness (QED) is 0.196. The van der Waals surface area contributed by atoms with Crippen molar-refractivity contribution in [1.29, 1.82) is 0 Å². The molecule has 0 radical (unpaired) electrons. The van der Waals surface area contributed by atoms with E-state index in [9.17, 15) is 9.90 Å². The number of carboxylic acid groups (broad SMARTS) is 1. The predicted octanol–water partition coefficient (Wildman–Crippen LogP) is 7.06. The lowest BCUT2D eigenvalue weighted by molar-refractivity contribution is -0.131. The van der Waals surface area contributed by atoms with Gasteiger partial charge in [-0.15, -0.1) is 10.2 Å². The number of aromatic amines is 1. The Labute approximate surface area is 204 Å². The average molecular weight is 488 g/mol. The maximum Gasteiger partial charge on any atom is 0.342 e. The Kier molecular flexibility index (Phi) is 5.96. The van der Waals surface area contributed by atoms with Crippen LogP contribution in [0, 0.1) is 6.92 Å². The Hall–Kier alpha value is -3.81. The number of aryl methyl sites for hydroxylation is 1. The summed E-state index contributed by atoms with van der Waals surface area (Å²) in [5.74, 6) is -0.797. The minimum atomic E-state index is -1.09. The first-order valence-corrected chi connectivity index (χ1v) is 11.6. The van der Waals surface area contributed by atoms with E-state index in [1.807, 2.05) is 55.5 Å². The van der Waals surface area contributed by atoms with E-state index in [4.69, 9.17) is 16.0 Å². The van der Waals surface area contributed by atoms with Gasteiger partial charge >= 0.3 is 5.97 Å². The van der Waals surface area contributed by atoms with Crippen LogP contribution in [0.4, 0.5) is 0 Å². The molecule has 5 aromatic rings. The van der Waals surface area contributed by atoms with Crippen molar-refractivity contribution in [2.75, 3.05) is 0 Å². The molecule has 0 saturated heterocycles. The van der Waals surface area contributed by atoms with Gasteiger partial charge in [0.1, 0.15) is 4.91 Å². The molecular weight excluding hydrogens is 470 g/mol. The maximum absolute atomic E-state index is 12.2. The number of nitrogens with one attached hydrogen (secondary N) is 1. The normalized spacial score (nSPS) is 11.8. The molecule has 6 nitrogen and oxygen atoms in total. The fraction of sp³-hybridized carbons (Fsp3) is 0.0385. The summed E-state index contributed by atoms with van der Waals surface area (Å²) < 4.78 is 5.72. The first kappa shape index (κ1) is 22.0. The van der Waals surface area contributed by atoms with Crippen molar-refractivity contribution < 1.29 is 14.3 Å². The molecule has 2 heterocycles. The highest BCUT2D eigenvalue weighted by atomic mass is 35.5. The van der Waals surface area contributed by atoms with Crippen LogP contribution in [0.2, 0.25) is 5.02 Å². The average Bonchev–Trinajstić information content (AvgIpc) is 3.46.